The van der Waals surface area contributed by atoms with Crippen LogP contribution < -0.4 is 4.90 Å². The molecule has 0 radical (unpaired) electrons. The Labute approximate surface area is 99.8 Å². The van der Waals surface area contributed by atoms with Gasteiger partial charge in [-0.2, -0.15) is 0 Å². The summed E-state index contributed by atoms with van der Waals surface area (Å²) >= 11 is 3.41. The van der Waals surface area contributed by atoms with E-state index in [0.717, 1.165) is 35.2 Å². The summed E-state index contributed by atoms with van der Waals surface area (Å²) in [6.45, 7) is 6.95. The van der Waals surface area contributed by atoms with E-state index in [2.05, 4.69) is 51.8 Å². The van der Waals surface area contributed by atoms with Gasteiger partial charge in [-0.05, 0) is 46.3 Å². The van der Waals surface area contributed by atoms with Crippen molar-refractivity contribution >= 4 is 21.7 Å². The van der Waals surface area contributed by atoms with Gasteiger partial charge in [-0.1, -0.05) is 13.8 Å². The molecule has 2 heterocycles. The fourth-order valence-corrected chi connectivity index (χ4v) is 2.26. The van der Waals surface area contributed by atoms with Crippen LogP contribution in [0.15, 0.2) is 22.8 Å². The normalized spacial score (nSPS) is 26.7. The maximum absolute atomic E-state index is 4.44. The number of nitrogens with zero attached hydrogens (tertiary/aromatic N) is 2. The molecule has 15 heavy (non-hydrogen) atoms. The van der Waals surface area contributed by atoms with Crippen LogP contribution in [0.2, 0.25) is 0 Å². The van der Waals surface area contributed by atoms with E-state index in [1.807, 2.05) is 6.20 Å². The molecule has 0 aliphatic carbocycles. The molecule has 3 heteroatoms. The highest BCUT2D eigenvalue weighted by molar-refractivity contribution is 9.10. The van der Waals surface area contributed by atoms with Crippen LogP contribution in [0.4, 0.5) is 5.82 Å². The zero-order valence-electron chi connectivity index (χ0n) is 9.28. The molecule has 2 atom stereocenters. The molecule has 0 aromatic carbocycles. The van der Waals surface area contributed by atoms with E-state index in [-0.39, 0.29) is 0 Å². The average molecular weight is 269 g/mol. The maximum Gasteiger partial charge on any atom is 0.128 e. The number of anilines is 1. The van der Waals surface area contributed by atoms with E-state index >= 15 is 0 Å². The first-order chi connectivity index (χ1) is 7.16. The van der Waals surface area contributed by atoms with E-state index in [9.17, 15) is 0 Å². The van der Waals surface area contributed by atoms with Crippen LogP contribution in [-0.2, 0) is 0 Å². The third-order valence-corrected chi connectivity index (χ3v) is 3.84. The molecule has 2 nitrogen and oxygen atoms in total. The SMILES string of the molecule is CC1CCN(c2ccc(Br)cn2)CC1C. The predicted molar refractivity (Wildman–Crippen MR) is 67.1 cm³/mol. The van der Waals surface area contributed by atoms with Gasteiger partial charge in [0.05, 0.1) is 0 Å². The molecule has 0 bridgehead atoms. The molecule has 1 aromatic rings. The van der Waals surface area contributed by atoms with Crippen molar-refractivity contribution in [2.75, 3.05) is 18.0 Å². The standard InChI is InChI=1S/C12H17BrN2/c1-9-5-6-15(8-10(9)2)12-4-3-11(13)7-14-12/h3-4,7,9-10H,5-6,8H2,1-2H3. The van der Waals surface area contributed by atoms with Gasteiger partial charge in [-0.15, -0.1) is 0 Å². The topological polar surface area (TPSA) is 16.1 Å². The summed E-state index contributed by atoms with van der Waals surface area (Å²) in [5.41, 5.74) is 0. The number of aromatic nitrogens is 1. The molecule has 0 spiro atoms. The molecule has 1 saturated heterocycles. The second-order valence-corrected chi connectivity index (χ2v) is 5.44. The smallest absolute Gasteiger partial charge is 0.128 e. The van der Waals surface area contributed by atoms with Gasteiger partial charge in [-0.3, -0.25) is 0 Å². The van der Waals surface area contributed by atoms with E-state index in [1.54, 1.807) is 0 Å². The minimum absolute atomic E-state index is 0.768. The van der Waals surface area contributed by atoms with Crippen LogP contribution >= 0.6 is 15.9 Å². The first kappa shape index (κ1) is 10.9. The Morgan fingerprint density at radius 1 is 1.33 bits per heavy atom. The Morgan fingerprint density at radius 2 is 2.13 bits per heavy atom. The molecule has 2 unspecified atom stereocenters. The molecular weight excluding hydrogens is 252 g/mol. The van der Waals surface area contributed by atoms with Crippen molar-refractivity contribution in [1.29, 1.82) is 0 Å². The van der Waals surface area contributed by atoms with Crippen LogP contribution in [0, 0.1) is 11.8 Å². The number of hydrogen-bond donors (Lipinski definition) is 0. The van der Waals surface area contributed by atoms with E-state index < -0.39 is 0 Å². The minimum Gasteiger partial charge on any atom is -0.356 e. The van der Waals surface area contributed by atoms with Gasteiger partial charge in [0.15, 0.2) is 0 Å². The van der Waals surface area contributed by atoms with Gasteiger partial charge < -0.3 is 4.90 Å². The van der Waals surface area contributed by atoms with Gasteiger partial charge in [0, 0.05) is 23.8 Å². The Balaban J connectivity index is 2.08. The third kappa shape index (κ3) is 2.51. The third-order valence-electron chi connectivity index (χ3n) is 3.37. The number of rotatable bonds is 1. The van der Waals surface area contributed by atoms with Crippen molar-refractivity contribution in [3.05, 3.63) is 22.8 Å². The van der Waals surface area contributed by atoms with E-state index in [0.29, 0.717) is 0 Å². The van der Waals surface area contributed by atoms with E-state index in [4.69, 9.17) is 0 Å². The molecule has 1 aliphatic heterocycles. The second kappa shape index (κ2) is 4.52. The molecule has 2 rings (SSSR count). The molecule has 0 N–H and O–H groups in total. The summed E-state index contributed by atoms with van der Waals surface area (Å²) in [5.74, 6) is 2.72. The van der Waals surface area contributed by atoms with Crippen molar-refractivity contribution in [1.82, 2.24) is 4.98 Å². The first-order valence-corrected chi connectivity index (χ1v) is 6.32. The summed E-state index contributed by atoms with van der Waals surface area (Å²) in [5, 5.41) is 0. The van der Waals surface area contributed by atoms with Crippen LogP contribution in [0.3, 0.4) is 0 Å². The van der Waals surface area contributed by atoms with Crippen LogP contribution in [0.25, 0.3) is 0 Å². The highest BCUT2D eigenvalue weighted by atomic mass is 79.9. The summed E-state index contributed by atoms with van der Waals surface area (Å²) in [6, 6.07) is 4.15. The van der Waals surface area contributed by atoms with Crippen molar-refractivity contribution in [2.24, 2.45) is 11.8 Å². The van der Waals surface area contributed by atoms with Gasteiger partial charge in [0.25, 0.3) is 0 Å². The number of halogens is 1. The Hall–Kier alpha value is -0.570. The predicted octanol–water partition coefficient (Wildman–Crippen LogP) is 3.33. The zero-order chi connectivity index (χ0) is 10.8. The first-order valence-electron chi connectivity index (χ1n) is 5.53. The van der Waals surface area contributed by atoms with E-state index in [1.165, 1.54) is 6.42 Å². The van der Waals surface area contributed by atoms with Gasteiger partial charge in [0.1, 0.15) is 5.82 Å². The Bertz CT molecular complexity index is 323. The quantitative estimate of drug-likeness (QED) is 0.777. The fourth-order valence-electron chi connectivity index (χ4n) is 2.03. The number of hydrogen-bond acceptors (Lipinski definition) is 2. The van der Waals surface area contributed by atoms with Crippen molar-refractivity contribution in [3.63, 3.8) is 0 Å². The van der Waals surface area contributed by atoms with Crippen molar-refractivity contribution < 1.29 is 0 Å². The molecule has 1 aromatic heterocycles. The van der Waals surface area contributed by atoms with Crippen LogP contribution in [0.1, 0.15) is 20.3 Å². The molecule has 1 aliphatic rings. The van der Waals surface area contributed by atoms with Gasteiger partial charge in [-0.25, -0.2) is 4.98 Å². The number of piperidine rings is 1. The molecule has 1 fully saturated rings. The Kier molecular flexibility index (Phi) is 3.29. The van der Waals surface area contributed by atoms with Crippen LogP contribution in [-0.4, -0.2) is 18.1 Å². The Morgan fingerprint density at radius 3 is 2.73 bits per heavy atom. The molecular formula is C12H17BrN2. The van der Waals surface area contributed by atoms with Crippen molar-refractivity contribution in [3.8, 4) is 0 Å². The molecule has 0 amide bonds. The lowest BCUT2D eigenvalue weighted by Crippen LogP contribution is -2.38. The summed E-state index contributed by atoms with van der Waals surface area (Å²) in [6.07, 6.45) is 3.15. The van der Waals surface area contributed by atoms with Gasteiger partial charge >= 0.3 is 0 Å². The van der Waals surface area contributed by atoms with Crippen molar-refractivity contribution in [2.45, 2.75) is 20.3 Å². The second-order valence-electron chi connectivity index (χ2n) is 4.52. The molecule has 82 valence electrons. The summed E-state index contributed by atoms with van der Waals surface area (Å²) < 4.78 is 1.05. The average Bonchev–Trinajstić information content (AvgIpc) is 2.23. The lowest BCUT2D eigenvalue weighted by Gasteiger charge is -2.36. The summed E-state index contributed by atoms with van der Waals surface area (Å²) in [4.78, 5) is 6.83. The summed E-state index contributed by atoms with van der Waals surface area (Å²) in [7, 11) is 0. The largest absolute Gasteiger partial charge is 0.356 e. The lowest BCUT2D eigenvalue weighted by molar-refractivity contribution is 0.323. The fraction of sp³-hybridized carbons (Fsp3) is 0.583. The van der Waals surface area contributed by atoms with Crippen LogP contribution in [0.5, 0.6) is 0 Å². The molecule has 0 saturated carbocycles. The zero-order valence-corrected chi connectivity index (χ0v) is 10.9. The maximum atomic E-state index is 4.44. The highest BCUT2D eigenvalue weighted by Gasteiger charge is 2.23. The lowest BCUT2D eigenvalue weighted by atomic mass is 9.89. The number of pyridine rings is 1. The highest BCUT2D eigenvalue weighted by Crippen LogP contribution is 2.26. The van der Waals surface area contributed by atoms with Gasteiger partial charge in [0.2, 0.25) is 0 Å². The monoisotopic (exact) mass is 268 g/mol. The minimum atomic E-state index is 0.768.